The molecule has 3 atom stereocenters. The van der Waals surface area contributed by atoms with Gasteiger partial charge in [0.25, 0.3) is 5.91 Å². The van der Waals surface area contributed by atoms with Gasteiger partial charge in [0.1, 0.15) is 6.04 Å². The molecule has 1 heterocycles. The normalized spacial score (nSPS) is 21.7. The number of ether oxygens (including phenoxy) is 1. The van der Waals surface area contributed by atoms with Gasteiger partial charge in [0.05, 0.1) is 22.8 Å². The molecule has 0 saturated carbocycles. The number of morpholine rings is 1. The Kier molecular flexibility index (Phi) is 7.59. The van der Waals surface area contributed by atoms with E-state index in [1.165, 1.54) is 0 Å². The van der Waals surface area contributed by atoms with Gasteiger partial charge in [0, 0.05) is 13.1 Å². The van der Waals surface area contributed by atoms with E-state index >= 15 is 0 Å². The Balaban J connectivity index is 2.11. The van der Waals surface area contributed by atoms with Gasteiger partial charge >= 0.3 is 0 Å². The van der Waals surface area contributed by atoms with Gasteiger partial charge in [0.2, 0.25) is 5.91 Å². The van der Waals surface area contributed by atoms with Crippen molar-refractivity contribution in [2.75, 3.05) is 25.1 Å². The molecule has 1 aromatic carbocycles. The molecule has 0 bridgehead atoms. The van der Waals surface area contributed by atoms with Crippen LogP contribution in [0.25, 0.3) is 0 Å². The number of halogens is 1. The number of rotatable bonds is 6. The molecule has 1 saturated heterocycles. The molecule has 0 radical (unpaired) electrons. The molecular formula is C18H25ClN2O3S. The first-order valence-corrected chi connectivity index (χ1v) is 10.2. The van der Waals surface area contributed by atoms with E-state index < -0.39 is 6.04 Å². The predicted molar refractivity (Wildman–Crippen MR) is 102 cm³/mol. The lowest BCUT2D eigenvalue weighted by atomic mass is 10.1. The molecule has 0 aromatic heterocycles. The molecule has 5 nitrogen and oxygen atoms in total. The van der Waals surface area contributed by atoms with Crippen molar-refractivity contribution in [1.29, 1.82) is 0 Å². The van der Waals surface area contributed by atoms with E-state index in [1.54, 1.807) is 40.9 Å². The van der Waals surface area contributed by atoms with Gasteiger partial charge in [-0.05, 0) is 44.4 Å². The van der Waals surface area contributed by atoms with Crippen LogP contribution in [-0.2, 0) is 9.53 Å². The van der Waals surface area contributed by atoms with Crippen LogP contribution in [0.1, 0.15) is 30.6 Å². The summed E-state index contributed by atoms with van der Waals surface area (Å²) in [6.07, 6.45) is 2.55. The molecule has 1 fully saturated rings. The van der Waals surface area contributed by atoms with E-state index in [-0.39, 0.29) is 24.0 Å². The summed E-state index contributed by atoms with van der Waals surface area (Å²) in [6.45, 7) is 4.99. The van der Waals surface area contributed by atoms with Crippen molar-refractivity contribution >= 4 is 35.2 Å². The van der Waals surface area contributed by atoms with Gasteiger partial charge in [-0.25, -0.2) is 0 Å². The van der Waals surface area contributed by atoms with E-state index in [0.717, 1.165) is 5.75 Å². The maximum Gasteiger partial charge on any atom is 0.253 e. The lowest BCUT2D eigenvalue weighted by Gasteiger charge is -2.37. The monoisotopic (exact) mass is 384 g/mol. The van der Waals surface area contributed by atoms with Crippen LogP contribution in [0.5, 0.6) is 0 Å². The third-order valence-corrected chi connectivity index (χ3v) is 5.04. The minimum absolute atomic E-state index is 0.00632. The van der Waals surface area contributed by atoms with Crippen LogP contribution in [0.3, 0.4) is 0 Å². The van der Waals surface area contributed by atoms with Crippen molar-refractivity contribution < 1.29 is 14.3 Å². The summed E-state index contributed by atoms with van der Waals surface area (Å²) < 4.78 is 5.69. The summed E-state index contributed by atoms with van der Waals surface area (Å²) in [4.78, 5) is 27.3. The Morgan fingerprint density at radius 3 is 2.56 bits per heavy atom. The number of carbonyl (C=O) groups is 2. The second-order valence-corrected chi connectivity index (χ2v) is 7.68. The second-order valence-electron chi connectivity index (χ2n) is 6.29. The number of nitrogens with one attached hydrogen (secondary N) is 1. The zero-order chi connectivity index (χ0) is 18.4. The molecule has 25 heavy (non-hydrogen) atoms. The molecule has 1 aliphatic heterocycles. The molecule has 0 aliphatic carbocycles. The summed E-state index contributed by atoms with van der Waals surface area (Å²) >= 11 is 7.74. The van der Waals surface area contributed by atoms with E-state index in [1.807, 2.05) is 20.1 Å². The highest BCUT2D eigenvalue weighted by molar-refractivity contribution is 7.98. The fourth-order valence-electron chi connectivity index (χ4n) is 2.95. The van der Waals surface area contributed by atoms with Gasteiger partial charge in [0.15, 0.2) is 0 Å². The van der Waals surface area contributed by atoms with Crippen molar-refractivity contribution in [1.82, 2.24) is 10.2 Å². The highest BCUT2D eigenvalue weighted by Gasteiger charge is 2.31. The smallest absolute Gasteiger partial charge is 0.253 e. The van der Waals surface area contributed by atoms with E-state index in [2.05, 4.69) is 5.32 Å². The van der Waals surface area contributed by atoms with Gasteiger partial charge in [-0.1, -0.05) is 23.7 Å². The van der Waals surface area contributed by atoms with Crippen LogP contribution >= 0.6 is 23.4 Å². The Morgan fingerprint density at radius 1 is 1.32 bits per heavy atom. The van der Waals surface area contributed by atoms with Crippen molar-refractivity contribution in [3.8, 4) is 0 Å². The van der Waals surface area contributed by atoms with Crippen LogP contribution in [0.2, 0.25) is 5.02 Å². The first-order valence-electron chi connectivity index (χ1n) is 8.41. The van der Waals surface area contributed by atoms with E-state index in [0.29, 0.717) is 30.1 Å². The van der Waals surface area contributed by atoms with Gasteiger partial charge in [-0.15, -0.1) is 0 Å². The average molecular weight is 385 g/mol. The van der Waals surface area contributed by atoms with Crippen LogP contribution in [0.15, 0.2) is 24.3 Å². The summed E-state index contributed by atoms with van der Waals surface area (Å²) in [5, 5.41) is 3.25. The van der Waals surface area contributed by atoms with Crippen LogP contribution in [0.4, 0.5) is 0 Å². The lowest BCUT2D eigenvalue weighted by molar-refractivity contribution is -0.145. The number of amides is 2. The lowest BCUT2D eigenvalue weighted by Crippen LogP contribution is -2.55. The first kappa shape index (κ1) is 20.1. The number of nitrogens with zero attached hydrogens (tertiary/aromatic N) is 1. The molecule has 2 amide bonds. The Hall–Kier alpha value is -1.24. The van der Waals surface area contributed by atoms with Crippen LogP contribution in [-0.4, -0.2) is 60.1 Å². The summed E-state index contributed by atoms with van der Waals surface area (Å²) in [6, 6.07) is 6.29. The highest BCUT2D eigenvalue weighted by Crippen LogP contribution is 2.17. The SMILES string of the molecule is CSCC[C@@H](NC(=O)c1ccccc1Cl)C(=O)N1C[C@@H](C)O[C@@H](C)C1. The number of benzene rings is 1. The van der Waals surface area contributed by atoms with E-state index in [4.69, 9.17) is 16.3 Å². The predicted octanol–water partition coefficient (Wildman–Crippen LogP) is 2.83. The molecule has 1 N–H and O–H groups in total. The Labute approximate surface area is 158 Å². The maximum absolute atomic E-state index is 13.0. The fourth-order valence-corrected chi connectivity index (χ4v) is 3.65. The molecule has 7 heteroatoms. The zero-order valence-electron chi connectivity index (χ0n) is 14.8. The van der Waals surface area contributed by atoms with Crippen molar-refractivity contribution in [3.05, 3.63) is 34.9 Å². The molecule has 0 unspecified atom stereocenters. The zero-order valence-corrected chi connectivity index (χ0v) is 16.4. The number of hydrogen-bond donors (Lipinski definition) is 1. The van der Waals surface area contributed by atoms with Crippen molar-refractivity contribution in [2.24, 2.45) is 0 Å². The van der Waals surface area contributed by atoms with Crippen molar-refractivity contribution in [3.63, 3.8) is 0 Å². The third-order valence-electron chi connectivity index (χ3n) is 4.06. The van der Waals surface area contributed by atoms with Crippen molar-refractivity contribution in [2.45, 2.75) is 38.5 Å². The summed E-state index contributed by atoms with van der Waals surface area (Å²) in [7, 11) is 0. The van der Waals surface area contributed by atoms with Crippen LogP contribution < -0.4 is 5.32 Å². The summed E-state index contributed by atoms with van der Waals surface area (Å²) in [5.41, 5.74) is 0.384. The minimum atomic E-state index is -0.561. The fraction of sp³-hybridized carbons (Fsp3) is 0.556. The Bertz CT molecular complexity index is 604. The van der Waals surface area contributed by atoms with E-state index in [9.17, 15) is 9.59 Å². The quantitative estimate of drug-likeness (QED) is 0.819. The average Bonchev–Trinajstić information content (AvgIpc) is 2.57. The maximum atomic E-state index is 13.0. The highest BCUT2D eigenvalue weighted by atomic mass is 35.5. The molecule has 1 aliphatic rings. The molecular weight excluding hydrogens is 360 g/mol. The standard InChI is InChI=1S/C18H25ClN2O3S/c1-12-10-21(11-13(2)24-12)18(23)16(8-9-25-3)20-17(22)14-6-4-5-7-15(14)19/h4-7,12-13,16H,8-11H2,1-3H3,(H,20,22)/t12-,13+,16-/m1/s1. The molecule has 1 aromatic rings. The van der Waals surface area contributed by atoms with Gasteiger partial charge < -0.3 is 15.0 Å². The molecule has 2 rings (SSSR count). The number of hydrogen-bond acceptors (Lipinski definition) is 4. The molecule has 138 valence electrons. The first-order chi connectivity index (χ1) is 11.9. The van der Waals surface area contributed by atoms with Gasteiger partial charge in [-0.3, -0.25) is 9.59 Å². The Morgan fingerprint density at radius 2 is 1.96 bits per heavy atom. The third kappa shape index (κ3) is 5.62. The number of carbonyl (C=O) groups excluding carboxylic acids is 2. The summed E-state index contributed by atoms with van der Waals surface area (Å²) in [5.74, 6) is 0.408. The van der Waals surface area contributed by atoms with Crippen LogP contribution in [0, 0.1) is 0 Å². The van der Waals surface area contributed by atoms with Gasteiger partial charge in [-0.2, -0.15) is 11.8 Å². The number of thioether (sulfide) groups is 1. The minimum Gasteiger partial charge on any atom is -0.372 e. The topological polar surface area (TPSA) is 58.6 Å². The molecule has 0 spiro atoms. The second kappa shape index (κ2) is 9.46. The largest absolute Gasteiger partial charge is 0.372 e.